The SMILES string of the molecule is Cc1ccc(S(=O)(=O)N(Cc2ccc(/C=C(/C#N)C(=O)Nc3ccc(Cl)cc3)o2)Cc2ccc(Cl)cc2Cl)cc1. The number of hydrogen-bond acceptors (Lipinski definition) is 5. The van der Waals surface area contributed by atoms with Crippen LogP contribution in [0.2, 0.25) is 15.1 Å². The van der Waals surface area contributed by atoms with E-state index in [-0.39, 0.29) is 29.3 Å². The molecule has 204 valence electrons. The van der Waals surface area contributed by atoms with Gasteiger partial charge in [0.25, 0.3) is 5.91 Å². The summed E-state index contributed by atoms with van der Waals surface area (Å²) in [5.74, 6) is -0.138. The van der Waals surface area contributed by atoms with Crippen LogP contribution in [0.1, 0.15) is 22.6 Å². The van der Waals surface area contributed by atoms with E-state index in [2.05, 4.69) is 5.32 Å². The summed E-state index contributed by atoms with van der Waals surface area (Å²) >= 11 is 18.2. The second kappa shape index (κ2) is 12.7. The molecule has 0 bridgehead atoms. The van der Waals surface area contributed by atoms with Crippen molar-refractivity contribution in [1.29, 1.82) is 5.26 Å². The Balaban J connectivity index is 1.60. The molecule has 4 rings (SSSR count). The molecule has 4 aromatic rings. The molecule has 1 N–H and O–H groups in total. The summed E-state index contributed by atoms with van der Waals surface area (Å²) in [6, 6.07) is 22.8. The third kappa shape index (κ3) is 7.33. The molecule has 0 aliphatic rings. The van der Waals surface area contributed by atoms with Gasteiger partial charge in [-0.15, -0.1) is 0 Å². The van der Waals surface area contributed by atoms with E-state index in [1.54, 1.807) is 66.7 Å². The minimum absolute atomic E-state index is 0.0506. The summed E-state index contributed by atoms with van der Waals surface area (Å²) in [5.41, 5.74) is 1.74. The number of amides is 1. The minimum Gasteiger partial charge on any atom is -0.460 e. The maximum atomic E-state index is 13.6. The molecule has 0 spiro atoms. The maximum absolute atomic E-state index is 13.6. The summed E-state index contributed by atoms with van der Waals surface area (Å²) < 4.78 is 34.3. The van der Waals surface area contributed by atoms with Gasteiger partial charge in [-0.1, -0.05) is 58.6 Å². The molecule has 40 heavy (non-hydrogen) atoms. The number of carbonyl (C=O) groups excluding carboxylic acids is 1. The molecular weight excluding hydrogens is 593 g/mol. The van der Waals surface area contributed by atoms with Crippen LogP contribution in [0, 0.1) is 18.3 Å². The van der Waals surface area contributed by atoms with Gasteiger partial charge in [0.1, 0.15) is 23.2 Å². The number of nitriles is 1. The second-order valence-electron chi connectivity index (χ2n) is 8.76. The number of rotatable bonds is 9. The van der Waals surface area contributed by atoms with Gasteiger partial charge in [-0.05, 0) is 73.2 Å². The number of aryl methyl sites for hydroxylation is 1. The van der Waals surface area contributed by atoms with Gasteiger partial charge in [0, 0.05) is 33.4 Å². The lowest BCUT2D eigenvalue weighted by atomic mass is 10.2. The van der Waals surface area contributed by atoms with Gasteiger partial charge in [0.15, 0.2) is 0 Å². The van der Waals surface area contributed by atoms with E-state index in [9.17, 15) is 18.5 Å². The minimum atomic E-state index is -3.97. The first-order valence-corrected chi connectivity index (χ1v) is 14.4. The number of nitrogens with one attached hydrogen (secondary N) is 1. The number of sulfonamides is 1. The van der Waals surface area contributed by atoms with Crippen molar-refractivity contribution in [1.82, 2.24) is 4.31 Å². The molecule has 0 saturated carbocycles. The topological polar surface area (TPSA) is 103 Å². The van der Waals surface area contributed by atoms with Crippen LogP contribution in [0.3, 0.4) is 0 Å². The molecule has 11 heteroatoms. The van der Waals surface area contributed by atoms with Gasteiger partial charge in [0.05, 0.1) is 11.4 Å². The summed E-state index contributed by atoms with van der Waals surface area (Å²) in [6.45, 7) is 1.68. The smallest absolute Gasteiger partial charge is 0.266 e. The Labute approximate surface area is 247 Å². The van der Waals surface area contributed by atoms with Gasteiger partial charge < -0.3 is 9.73 Å². The second-order valence-corrected chi connectivity index (χ2v) is 12.0. The van der Waals surface area contributed by atoms with Gasteiger partial charge in [-0.3, -0.25) is 4.79 Å². The Kier molecular flexibility index (Phi) is 9.36. The number of hydrogen-bond donors (Lipinski definition) is 1. The molecule has 0 atom stereocenters. The van der Waals surface area contributed by atoms with E-state index < -0.39 is 15.9 Å². The highest BCUT2D eigenvalue weighted by Gasteiger charge is 2.27. The van der Waals surface area contributed by atoms with Crippen LogP contribution in [0.5, 0.6) is 0 Å². The number of benzene rings is 3. The molecule has 0 fully saturated rings. The lowest BCUT2D eigenvalue weighted by Gasteiger charge is -2.22. The van der Waals surface area contributed by atoms with Crippen LogP contribution in [-0.2, 0) is 27.9 Å². The van der Waals surface area contributed by atoms with Crippen molar-refractivity contribution >= 4 is 62.5 Å². The van der Waals surface area contributed by atoms with Gasteiger partial charge in [-0.25, -0.2) is 8.42 Å². The molecular formula is C29H22Cl3N3O4S. The summed E-state index contributed by atoms with van der Waals surface area (Å²) in [6.07, 6.45) is 1.28. The zero-order chi connectivity index (χ0) is 28.9. The lowest BCUT2D eigenvalue weighted by molar-refractivity contribution is -0.112. The lowest BCUT2D eigenvalue weighted by Crippen LogP contribution is -2.30. The van der Waals surface area contributed by atoms with Crippen molar-refractivity contribution in [3.05, 3.63) is 122 Å². The van der Waals surface area contributed by atoms with Crippen LogP contribution >= 0.6 is 34.8 Å². The molecule has 0 aliphatic heterocycles. The average molecular weight is 615 g/mol. The quantitative estimate of drug-likeness (QED) is 0.155. The highest BCUT2D eigenvalue weighted by molar-refractivity contribution is 7.89. The van der Waals surface area contributed by atoms with Crippen molar-refractivity contribution in [3.8, 4) is 6.07 Å². The largest absolute Gasteiger partial charge is 0.460 e. The molecule has 3 aromatic carbocycles. The molecule has 0 saturated heterocycles. The Morgan fingerprint density at radius 3 is 2.27 bits per heavy atom. The fraction of sp³-hybridized carbons (Fsp3) is 0.103. The highest BCUT2D eigenvalue weighted by atomic mass is 35.5. The molecule has 1 aromatic heterocycles. The van der Waals surface area contributed by atoms with E-state index in [0.29, 0.717) is 32.1 Å². The monoisotopic (exact) mass is 613 g/mol. The van der Waals surface area contributed by atoms with E-state index in [4.69, 9.17) is 39.2 Å². The fourth-order valence-corrected chi connectivity index (χ4v) is 5.66. The first-order chi connectivity index (χ1) is 19.0. The zero-order valence-electron chi connectivity index (χ0n) is 21.1. The fourth-order valence-electron chi connectivity index (χ4n) is 3.68. The zero-order valence-corrected chi connectivity index (χ0v) is 24.2. The molecule has 7 nitrogen and oxygen atoms in total. The molecule has 1 amide bonds. The van der Waals surface area contributed by atoms with Crippen LogP contribution < -0.4 is 5.32 Å². The Hall–Kier alpha value is -3.58. The summed E-state index contributed by atoms with van der Waals surface area (Å²) in [5, 5.41) is 13.4. The van der Waals surface area contributed by atoms with Crippen molar-refractivity contribution < 1.29 is 17.6 Å². The van der Waals surface area contributed by atoms with E-state index in [1.165, 1.54) is 22.5 Å². The average Bonchev–Trinajstić information content (AvgIpc) is 3.36. The van der Waals surface area contributed by atoms with Gasteiger partial charge >= 0.3 is 0 Å². The molecule has 0 unspecified atom stereocenters. The van der Waals surface area contributed by atoms with Crippen molar-refractivity contribution in [3.63, 3.8) is 0 Å². The summed E-state index contributed by atoms with van der Waals surface area (Å²) in [4.78, 5) is 12.7. The molecule has 0 radical (unpaired) electrons. The predicted octanol–water partition coefficient (Wildman–Crippen LogP) is 7.49. The number of halogens is 3. The Morgan fingerprint density at radius 2 is 1.62 bits per heavy atom. The number of furan rings is 1. The maximum Gasteiger partial charge on any atom is 0.266 e. The summed E-state index contributed by atoms with van der Waals surface area (Å²) in [7, 11) is -3.97. The number of nitrogens with zero attached hydrogens (tertiary/aromatic N) is 2. The van der Waals surface area contributed by atoms with E-state index in [0.717, 1.165) is 5.56 Å². The van der Waals surface area contributed by atoms with E-state index >= 15 is 0 Å². The highest BCUT2D eigenvalue weighted by Crippen LogP contribution is 2.27. The number of carbonyl (C=O) groups is 1. The van der Waals surface area contributed by atoms with Crippen LogP contribution in [-0.4, -0.2) is 18.6 Å². The van der Waals surface area contributed by atoms with Crippen molar-refractivity contribution in [2.75, 3.05) is 5.32 Å². The van der Waals surface area contributed by atoms with Crippen LogP contribution in [0.25, 0.3) is 6.08 Å². The van der Waals surface area contributed by atoms with Crippen molar-refractivity contribution in [2.45, 2.75) is 24.9 Å². The third-order valence-electron chi connectivity index (χ3n) is 5.79. The third-order valence-corrected chi connectivity index (χ3v) is 8.43. The van der Waals surface area contributed by atoms with Gasteiger partial charge in [0.2, 0.25) is 10.0 Å². The predicted molar refractivity (Wildman–Crippen MR) is 156 cm³/mol. The first kappa shape index (κ1) is 29.4. The Morgan fingerprint density at radius 1 is 0.950 bits per heavy atom. The molecule has 1 heterocycles. The number of anilines is 1. The van der Waals surface area contributed by atoms with Crippen LogP contribution in [0.4, 0.5) is 5.69 Å². The normalized spacial score (nSPS) is 11.8. The van der Waals surface area contributed by atoms with E-state index in [1.807, 2.05) is 13.0 Å². The standard InChI is InChI=1S/C29H22Cl3N3O4S/c1-19-2-12-27(13-3-19)40(37,38)35(17-20-4-5-23(31)15-28(20)32)18-26-11-10-25(39-26)14-21(16-33)29(36)34-24-8-6-22(30)7-9-24/h2-15H,17-18H2,1H3,(H,34,36)/b21-14-. The first-order valence-electron chi connectivity index (χ1n) is 11.8. The van der Waals surface area contributed by atoms with Gasteiger partial charge in [-0.2, -0.15) is 9.57 Å². The Bertz CT molecular complexity index is 1710. The van der Waals surface area contributed by atoms with Crippen LogP contribution in [0.15, 0.2) is 93.7 Å². The van der Waals surface area contributed by atoms with Crippen molar-refractivity contribution in [2.24, 2.45) is 0 Å². The molecule has 0 aliphatic carbocycles.